The van der Waals surface area contributed by atoms with Crippen LogP contribution in [0.25, 0.3) is 21.9 Å². The van der Waals surface area contributed by atoms with E-state index < -0.39 is 0 Å². The minimum absolute atomic E-state index is 1.12. The number of benzene rings is 3. The molecule has 94 valence electrons. The molecule has 3 aromatic carbocycles. The Bertz CT molecular complexity index is 739. The molecule has 0 radical (unpaired) electrons. The van der Waals surface area contributed by atoms with E-state index in [2.05, 4.69) is 84.4 Å². The molecule has 0 N–H and O–H groups in total. The molecular weight excluding hydrogens is 296 g/mol. The first-order valence-electron chi connectivity index (χ1n) is 6.42. The van der Waals surface area contributed by atoms with E-state index in [-0.39, 0.29) is 0 Å². The summed E-state index contributed by atoms with van der Waals surface area (Å²) in [5.74, 6) is 0. The predicted octanol–water partition coefficient (Wildman–Crippen LogP) is 5.89. The minimum atomic E-state index is 1.12. The Hall–Kier alpha value is -1.60. The molecule has 19 heavy (non-hydrogen) atoms. The van der Waals surface area contributed by atoms with E-state index in [1.54, 1.807) is 0 Å². The average molecular weight is 311 g/mol. The van der Waals surface area contributed by atoms with Gasteiger partial charge in [-0.1, -0.05) is 58.4 Å². The highest BCUT2D eigenvalue weighted by molar-refractivity contribution is 9.10. The Balaban J connectivity index is 2.35. The zero-order valence-electron chi connectivity index (χ0n) is 11.1. The van der Waals surface area contributed by atoms with E-state index in [1.165, 1.54) is 33.0 Å². The van der Waals surface area contributed by atoms with Gasteiger partial charge in [0.2, 0.25) is 0 Å². The van der Waals surface area contributed by atoms with Crippen molar-refractivity contribution >= 4 is 26.7 Å². The van der Waals surface area contributed by atoms with Crippen molar-refractivity contribution in [3.8, 4) is 11.1 Å². The Kier molecular flexibility index (Phi) is 3.16. The smallest absolute Gasteiger partial charge is 0.0175 e. The number of fused-ring (bicyclic) bond motifs is 1. The standard InChI is InChI=1S/C18H15Br/c1-12-11-18(14-7-9-15(19)10-8-14)17-6-4-3-5-16(17)13(12)2/h3-11H,1-2H3. The molecule has 0 saturated heterocycles. The predicted molar refractivity (Wildman–Crippen MR) is 86.6 cm³/mol. The molecular formula is C18H15Br. The quantitative estimate of drug-likeness (QED) is 0.526. The van der Waals surface area contributed by atoms with Crippen LogP contribution in [0.4, 0.5) is 0 Å². The van der Waals surface area contributed by atoms with Crippen molar-refractivity contribution in [2.24, 2.45) is 0 Å². The van der Waals surface area contributed by atoms with Crippen LogP contribution in [0.2, 0.25) is 0 Å². The lowest BCUT2D eigenvalue weighted by Crippen LogP contribution is -1.88. The zero-order chi connectivity index (χ0) is 13.4. The second kappa shape index (κ2) is 4.82. The van der Waals surface area contributed by atoms with Gasteiger partial charge in [-0.05, 0) is 59.0 Å². The molecule has 0 amide bonds. The molecule has 0 aliphatic heterocycles. The molecule has 3 aromatic rings. The first kappa shape index (κ1) is 12.4. The second-order valence-corrected chi connectivity index (χ2v) is 5.83. The maximum absolute atomic E-state index is 3.49. The van der Waals surface area contributed by atoms with E-state index in [9.17, 15) is 0 Å². The van der Waals surface area contributed by atoms with E-state index in [0.29, 0.717) is 0 Å². The first-order valence-corrected chi connectivity index (χ1v) is 7.21. The van der Waals surface area contributed by atoms with Gasteiger partial charge < -0.3 is 0 Å². The van der Waals surface area contributed by atoms with Crippen LogP contribution in [0.5, 0.6) is 0 Å². The fourth-order valence-corrected chi connectivity index (χ4v) is 2.79. The van der Waals surface area contributed by atoms with Gasteiger partial charge in [0.15, 0.2) is 0 Å². The van der Waals surface area contributed by atoms with Crippen molar-refractivity contribution in [3.05, 3.63) is 70.2 Å². The SMILES string of the molecule is Cc1cc(-c2ccc(Br)cc2)c2ccccc2c1C. The summed E-state index contributed by atoms with van der Waals surface area (Å²) < 4.78 is 1.12. The van der Waals surface area contributed by atoms with Crippen LogP contribution in [0.1, 0.15) is 11.1 Å². The number of rotatable bonds is 1. The van der Waals surface area contributed by atoms with Crippen LogP contribution in [-0.4, -0.2) is 0 Å². The molecule has 0 saturated carbocycles. The van der Waals surface area contributed by atoms with Gasteiger partial charge in [0.25, 0.3) is 0 Å². The normalized spacial score (nSPS) is 10.9. The highest BCUT2D eigenvalue weighted by Crippen LogP contribution is 2.33. The van der Waals surface area contributed by atoms with Gasteiger partial charge in [0.1, 0.15) is 0 Å². The lowest BCUT2D eigenvalue weighted by Gasteiger charge is -2.12. The van der Waals surface area contributed by atoms with Crippen LogP contribution in [0, 0.1) is 13.8 Å². The minimum Gasteiger partial charge on any atom is -0.0616 e. The number of aryl methyl sites for hydroxylation is 2. The van der Waals surface area contributed by atoms with Crippen LogP contribution >= 0.6 is 15.9 Å². The lowest BCUT2D eigenvalue weighted by atomic mass is 9.92. The molecule has 0 spiro atoms. The van der Waals surface area contributed by atoms with Crippen molar-refractivity contribution in [3.63, 3.8) is 0 Å². The third-order valence-corrected chi connectivity index (χ3v) is 4.26. The van der Waals surface area contributed by atoms with Gasteiger partial charge in [-0.2, -0.15) is 0 Å². The Morgan fingerprint density at radius 1 is 0.789 bits per heavy atom. The molecule has 0 fully saturated rings. The first-order chi connectivity index (χ1) is 9.16. The fourth-order valence-electron chi connectivity index (χ4n) is 2.53. The zero-order valence-corrected chi connectivity index (χ0v) is 12.7. The van der Waals surface area contributed by atoms with E-state index in [1.807, 2.05) is 0 Å². The molecule has 0 unspecified atom stereocenters. The molecule has 0 aliphatic rings. The van der Waals surface area contributed by atoms with Crippen molar-refractivity contribution in [2.45, 2.75) is 13.8 Å². The van der Waals surface area contributed by atoms with Gasteiger partial charge in [0.05, 0.1) is 0 Å². The monoisotopic (exact) mass is 310 g/mol. The third kappa shape index (κ3) is 2.19. The maximum Gasteiger partial charge on any atom is 0.0175 e. The van der Waals surface area contributed by atoms with Crippen molar-refractivity contribution < 1.29 is 0 Å². The maximum atomic E-state index is 3.49. The van der Waals surface area contributed by atoms with Gasteiger partial charge in [0, 0.05) is 4.47 Å². The van der Waals surface area contributed by atoms with E-state index in [4.69, 9.17) is 0 Å². The Morgan fingerprint density at radius 3 is 2.11 bits per heavy atom. The molecule has 1 heteroatoms. The van der Waals surface area contributed by atoms with Gasteiger partial charge in [-0.25, -0.2) is 0 Å². The third-order valence-electron chi connectivity index (χ3n) is 3.73. The second-order valence-electron chi connectivity index (χ2n) is 4.92. The summed E-state index contributed by atoms with van der Waals surface area (Å²) in [6, 6.07) is 19.5. The highest BCUT2D eigenvalue weighted by Gasteiger charge is 2.08. The van der Waals surface area contributed by atoms with E-state index >= 15 is 0 Å². The molecule has 3 rings (SSSR count). The number of halogens is 1. The molecule has 0 aromatic heterocycles. The molecule has 0 nitrogen and oxygen atoms in total. The summed E-state index contributed by atoms with van der Waals surface area (Å²) in [7, 11) is 0. The van der Waals surface area contributed by atoms with Gasteiger partial charge in [-0.15, -0.1) is 0 Å². The summed E-state index contributed by atoms with van der Waals surface area (Å²) in [5.41, 5.74) is 5.29. The Labute approximate surface area is 122 Å². The molecule has 0 heterocycles. The van der Waals surface area contributed by atoms with Crippen LogP contribution in [-0.2, 0) is 0 Å². The van der Waals surface area contributed by atoms with Crippen LogP contribution in [0.15, 0.2) is 59.1 Å². The summed E-state index contributed by atoms with van der Waals surface area (Å²) in [4.78, 5) is 0. The summed E-state index contributed by atoms with van der Waals surface area (Å²) >= 11 is 3.49. The number of hydrogen-bond acceptors (Lipinski definition) is 0. The molecule has 0 bridgehead atoms. The van der Waals surface area contributed by atoms with E-state index in [0.717, 1.165) is 4.47 Å². The molecule has 0 aliphatic carbocycles. The van der Waals surface area contributed by atoms with Gasteiger partial charge in [-0.3, -0.25) is 0 Å². The summed E-state index contributed by atoms with van der Waals surface area (Å²) in [5, 5.41) is 2.67. The molecule has 0 atom stereocenters. The number of hydrogen-bond donors (Lipinski definition) is 0. The summed E-state index contributed by atoms with van der Waals surface area (Å²) in [6.07, 6.45) is 0. The topological polar surface area (TPSA) is 0 Å². The van der Waals surface area contributed by atoms with Crippen LogP contribution in [0.3, 0.4) is 0 Å². The Morgan fingerprint density at radius 2 is 1.42 bits per heavy atom. The average Bonchev–Trinajstić information content (AvgIpc) is 2.44. The largest absolute Gasteiger partial charge is 0.0616 e. The lowest BCUT2D eigenvalue weighted by molar-refractivity contribution is 1.38. The summed E-state index contributed by atoms with van der Waals surface area (Å²) in [6.45, 7) is 4.38. The van der Waals surface area contributed by atoms with Crippen molar-refractivity contribution in [1.82, 2.24) is 0 Å². The van der Waals surface area contributed by atoms with Crippen molar-refractivity contribution in [1.29, 1.82) is 0 Å². The van der Waals surface area contributed by atoms with Gasteiger partial charge >= 0.3 is 0 Å². The van der Waals surface area contributed by atoms with Crippen molar-refractivity contribution in [2.75, 3.05) is 0 Å². The fraction of sp³-hybridized carbons (Fsp3) is 0.111. The van der Waals surface area contributed by atoms with Crippen LogP contribution < -0.4 is 0 Å². The highest BCUT2D eigenvalue weighted by atomic mass is 79.9.